The molecule has 0 spiro atoms. The summed E-state index contributed by atoms with van der Waals surface area (Å²) < 4.78 is 0. The zero-order valence-corrected chi connectivity index (χ0v) is 7.40. The predicted octanol–water partition coefficient (Wildman–Crippen LogP) is 0.564. The van der Waals surface area contributed by atoms with Crippen LogP contribution in [0.3, 0.4) is 0 Å². The maximum absolute atomic E-state index is 10.4. The quantitative estimate of drug-likeness (QED) is 0.411. The minimum absolute atomic E-state index is 0. The molecule has 4 heteroatoms. The molecule has 0 heterocycles. The van der Waals surface area contributed by atoms with Gasteiger partial charge in [-0.2, -0.15) is 12.6 Å². The van der Waals surface area contributed by atoms with E-state index < -0.39 is 0 Å². The Morgan fingerprint density at radius 1 is 1.78 bits per heavy atom. The maximum atomic E-state index is 10.4. The first-order chi connectivity index (χ1) is 3.81. The Morgan fingerprint density at radius 3 is 2.67 bits per heavy atom. The standard InChI is InChI=1S/C5H9NOS.Ag/c1-2-6-5(7)3-4-8;/h3-4,8H,2H2,1H3,(H,6,7);/q;+1/b4-3-;. The van der Waals surface area contributed by atoms with Crippen LogP contribution in [-0.4, -0.2) is 12.5 Å². The van der Waals surface area contributed by atoms with E-state index in [-0.39, 0.29) is 28.3 Å². The number of carbonyl (C=O) groups excluding carboxylic acids is 1. The van der Waals surface area contributed by atoms with E-state index >= 15 is 0 Å². The van der Waals surface area contributed by atoms with Gasteiger partial charge in [-0.05, 0) is 12.3 Å². The van der Waals surface area contributed by atoms with Crippen molar-refractivity contribution in [1.29, 1.82) is 0 Å². The minimum atomic E-state index is -0.0949. The molecular weight excluding hydrogens is 230 g/mol. The first kappa shape index (κ1) is 12.0. The van der Waals surface area contributed by atoms with Gasteiger partial charge in [-0.3, -0.25) is 4.79 Å². The van der Waals surface area contributed by atoms with Crippen molar-refractivity contribution in [1.82, 2.24) is 5.32 Å². The van der Waals surface area contributed by atoms with Gasteiger partial charge in [0.25, 0.3) is 0 Å². The Balaban J connectivity index is 0. The van der Waals surface area contributed by atoms with E-state index in [1.807, 2.05) is 6.92 Å². The van der Waals surface area contributed by atoms with E-state index in [1.54, 1.807) is 0 Å². The Kier molecular flexibility index (Phi) is 11.1. The van der Waals surface area contributed by atoms with Crippen LogP contribution in [0.2, 0.25) is 0 Å². The fourth-order valence-corrected chi connectivity index (χ4v) is 0.436. The van der Waals surface area contributed by atoms with Crippen LogP contribution in [0.5, 0.6) is 0 Å². The molecule has 0 aromatic carbocycles. The number of amides is 1. The van der Waals surface area contributed by atoms with Gasteiger partial charge in [0.15, 0.2) is 0 Å². The van der Waals surface area contributed by atoms with Crippen LogP contribution in [0.1, 0.15) is 6.92 Å². The second kappa shape index (κ2) is 8.30. The Bertz CT molecular complexity index is 105. The molecule has 0 saturated carbocycles. The number of hydrogen-bond acceptors (Lipinski definition) is 2. The van der Waals surface area contributed by atoms with Crippen LogP contribution in [0.25, 0.3) is 0 Å². The molecule has 56 valence electrons. The first-order valence-electron chi connectivity index (χ1n) is 2.39. The molecule has 0 unspecified atom stereocenters. The molecule has 0 aromatic heterocycles. The van der Waals surface area contributed by atoms with Gasteiger partial charge in [0.05, 0.1) is 0 Å². The maximum Gasteiger partial charge on any atom is 1.00 e. The average molecular weight is 239 g/mol. The van der Waals surface area contributed by atoms with Gasteiger partial charge < -0.3 is 5.32 Å². The van der Waals surface area contributed by atoms with Crippen molar-refractivity contribution in [3.05, 3.63) is 11.5 Å². The zero-order valence-electron chi connectivity index (χ0n) is 5.02. The van der Waals surface area contributed by atoms with E-state index in [9.17, 15) is 4.79 Å². The summed E-state index contributed by atoms with van der Waals surface area (Å²) >= 11 is 3.71. The average Bonchev–Trinajstić information content (AvgIpc) is 1.68. The molecule has 0 rings (SSSR count). The van der Waals surface area contributed by atoms with Gasteiger partial charge in [-0.15, -0.1) is 0 Å². The van der Waals surface area contributed by atoms with Gasteiger partial charge >= 0.3 is 22.4 Å². The van der Waals surface area contributed by atoms with Crippen molar-refractivity contribution in [3.8, 4) is 0 Å². The third-order valence-electron chi connectivity index (χ3n) is 0.577. The topological polar surface area (TPSA) is 29.1 Å². The van der Waals surface area contributed by atoms with Crippen LogP contribution < -0.4 is 5.32 Å². The van der Waals surface area contributed by atoms with E-state index in [0.29, 0.717) is 6.54 Å². The molecule has 0 radical (unpaired) electrons. The van der Waals surface area contributed by atoms with Crippen LogP contribution >= 0.6 is 12.6 Å². The summed E-state index contributed by atoms with van der Waals surface area (Å²) in [5, 5.41) is 3.98. The predicted molar refractivity (Wildman–Crippen MR) is 36.8 cm³/mol. The molecule has 0 aromatic rings. The number of thiol groups is 1. The van der Waals surface area contributed by atoms with Crippen molar-refractivity contribution in [2.45, 2.75) is 6.92 Å². The molecule has 0 aliphatic heterocycles. The smallest absolute Gasteiger partial charge is 0.353 e. The SMILES string of the molecule is CCNC(=O)/C=C\S.[Ag+]. The van der Waals surface area contributed by atoms with Gasteiger partial charge in [0, 0.05) is 12.6 Å². The summed E-state index contributed by atoms with van der Waals surface area (Å²) in [6, 6.07) is 0. The fraction of sp³-hybridized carbons (Fsp3) is 0.400. The van der Waals surface area contributed by atoms with E-state index in [2.05, 4.69) is 17.9 Å². The fourth-order valence-electron chi connectivity index (χ4n) is 0.301. The summed E-state index contributed by atoms with van der Waals surface area (Å²) in [7, 11) is 0. The summed E-state index contributed by atoms with van der Waals surface area (Å²) in [5.41, 5.74) is 0. The van der Waals surface area contributed by atoms with Gasteiger partial charge in [-0.1, -0.05) is 0 Å². The first-order valence-corrected chi connectivity index (χ1v) is 2.91. The third kappa shape index (κ3) is 8.30. The number of likely N-dealkylation sites (N-methyl/N-ethyl adjacent to an activating group) is 1. The van der Waals surface area contributed by atoms with Crippen LogP contribution in [-0.2, 0) is 27.2 Å². The summed E-state index contributed by atoms with van der Waals surface area (Å²) in [4.78, 5) is 10.4. The molecule has 1 N–H and O–H groups in total. The van der Waals surface area contributed by atoms with Crippen molar-refractivity contribution < 1.29 is 27.2 Å². The molecule has 0 aliphatic rings. The Morgan fingerprint density at radius 2 is 2.33 bits per heavy atom. The molecule has 9 heavy (non-hydrogen) atoms. The van der Waals surface area contributed by atoms with E-state index in [4.69, 9.17) is 0 Å². The molecule has 0 saturated heterocycles. The second-order valence-corrected chi connectivity index (χ2v) is 1.51. The molecular formula is C5H9AgNOS+. The molecule has 0 fully saturated rings. The monoisotopic (exact) mass is 238 g/mol. The normalized spacial score (nSPS) is 8.67. The molecule has 1 amide bonds. The number of nitrogens with one attached hydrogen (secondary N) is 1. The number of carbonyl (C=O) groups is 1. The largest absolute Gasteiger partial charge is 1.00 e. The van der Waals surface area contributed by atoms with Crippen molar-refractivity contribution in [3.63, 3.8) is 0 Å². The van der Waals surface area contributed by atoms with Crippen molar-refractivity contribution in [2.24, 2.45) is 0 Å². The van der Waals surface area contributed by atoms with Gasteiger partial charge in [0.2, 0.25) is 5.91 Å². The molecule has 2 nitrogen and oxygen atoms in total. The van der Waals surface area contributed by atoms with Crippen LogP contribution in [0.15, 0.2) is 11.5 Å². The van der Waals surface area contributed by atoms with Crippen LogP contribution in [0, 0.1) is 0 Å². The molecule has 0 atom stereocenters. The minimum Gasteiger partial charge on any atom is -0.353 e. The Hall–Kier alpha value is 0.300. The summed E-state index contributed by atoms with van der Waals surface area (Å²) in [6.45, 7) is 2.53. The number of hydrogen-bond donors (Lipinski definition) is 2. The van der Waals surface area contributed by atoms with Crippen molar-refractivity contribution >= 4 is 18.5 Å². The van der Waals surface area contributed by atoms with E-state index in [0.717, 1.165) is 0 Å². The second-order valence-electron chi connectivity index (χ2n) is 1.21. The van der Waals surface area contributed by atoms with E-state index in [1.165, 1.54) is 11.5 Å². The Labute approximate surface area is 76.0 Å². The molecule has 0 aliphatic carbocycles. The summed E-state index contributed by atoms with van der Waals surface area (Å²) in [5.74, 6) is -0.0949. The van der Waals surface area contributed by atoms with Gasteiger partial charge in [-0.25, -0.2) is 0 Å². The number of rotatable bonds is 2. The summed E-state index contributed by atoms with van der Waals surface area (Å²) in [6.07, 6.45) is 1.37. The zero-order chi connectivity index (χ0) is 6.41. The van der Waals surface area contributed by atoms with Crippen LogP contribution in [0.4, 0.5) is 0 Å². The third-order valence-corrected chi connectivity index (χ3v) is 0.726. The van der Waals surface area contributed by atoms with Gasteiger partial charge in [0.1, 0.15) is 0 Å². The molecule has 0 bridgehead atoms. The van der Waals surface area contributed by atoms with Crippen molar-refractivity contribution in [2.75, 3.05) is 6.54 Å².